The minimum atomic E-state index is -2.36. The molecule has 2 saturated heterocycles. The van der Waals surface area contributed by atoms with E-state index in [1.807, 2.05) is 0 Å². The highest BCUT2D eigenvalue weighted by Crippen LogP contribution is 2.41. The summed E-state index contributed by atoms with van der Waals surface area (Å²) in [6.07, 6.45) is 3.00. The summed E-state index contributed by atoms with van der Waals surface area (Å²) in [5.74, 6) is -8.22. The van der Waals surface area contributed by atoms with E-state index in [0.29, 0.717) is 43.9 Å². The Bertz CT molecular complexity index is 1070. The van der Waals surface area contributed by atoms with E-state index < -0.39 is 52.8 Å². The maximum Gasteiger partial charge on any atom is 0.332 e. The molecule has 2 heterocycles. The number of carbonyl (C=O) groups excluding carboxylic acids is 3. The van der Waals surface area contributed by atoms with E-state index >= 15 is 0 Å². The molecule has 1 aromatic rings. The first-order chi connectivity index (χ1) is 16.3. The minimum absolute atomic E-state index is 0.0341. The van der Waals surface area contributed by atoms with Crippen molar-refractivity contribution >= 4 is 23.8 Å². The molecule has 1 aromatic carbocycles. The van der Waals surface area contributed by atoms with Crippen molar-refractivity contribution < 1.29 is 42.2 Å². The molecule has 4 atom stereocenters. The fraction of sp³-hybridized carbons (Fsp3) is 0.478. The number of carboxylic acid groups (broad SMARTS) is 1. The molecule has 3 unspecified atom stereocenters. The van der Waals surface area contributed by atoms with Gasteiger partial charge in [-0.3, -0.25) is 9.59 Å². The molecular weight excluding hydrogens is 471 g/mol. The van der Waals surface area contributed by atoms with Crippen LogP contribution in [0.25, 0.3) is 0 Å². The number of amides is 2. The van der Waals surface area contributed by atoms with Gasteiger partial charge >= 0.3 is 11.9 Å². The second-order valence-corrected chi connectivity index (χ2v) is 9.04. The molecule has 190 valence electrons. The van der Waals surface area contributed by atoms with Crippen LogP contribution in [-0.4, -0.2) is 57.5 Å². The van der Waals surface area contributed by atoms with Crippen LogP contribution in [0.2, 0.25) is 0 Å². The number of ether oxygens (including phenoxy) is 1. The number of halogens is 3. The largest absolute Gasteiger partial charge is 0.478 e. The highest BCUT2D eigenvalue weighted by atomic mass is 19.2. The van der Waals surface area contributed by atoms with Gasteiger partial charge < -0.3 is 26.2 Å². The molecule has 35 heavy (non-hydrogen) atoms. The SMILES string of the molecule is CC(OC(=O)/C=C\C(=O)O)(C(N)=O)C(=O)N1C2CCC1CC([C@H](N)Cc1cc(F)c(F)cc1F)C2. The number of benzene rings is 1. The van der Waals surface area contributed by atoms with Crippen LogP contribution in [-0.2, 0) is 30.3 Å². The number of aliphatic carboxylic acids is 1. The lowest BCUT2D eigenvalue weighted by atomic mass is 9.82. The maximum absolute atomic E-state index is 14.1. The van der Waals surface area contributed by atoms with Gasteiger partial charge in [0, 0.05) is 36.3 Å². The topological polar surface area (TPSA) is 153 Å². The highest BCUT2D eigenvalue weighted by Gasteiger charge is 2.53. The second kappa shape index (κ2) is 10.1. The van der Waals surface area contributed by atoms with Gasteiger partial charge in [-0.05, 0) is 56.6 Å². The van der Waals surface area contributed by atoms with Crippen LogP contribution < -0.4 is 11.5 Å². The normalized spacial score (nSPS) is 24.1. The van der Waals surface area contributed by atoms with E-state index in [2.05, 4.69) is 0 Å². The smallest absolute Gasteiger partial charge is 0.332 e. The summed E-state index contributed by atoms with van der Waals surface area (Å²) >= 11 is 0. The summed E-state index contributed by atoms with van der Waals surface area (Å²) in [5, 5.41) is 8.64. The number of carbonyl (C=O) groups is 4. The van der Waals surface area contributed by atoms with E-state index in [1.165, 1.54) is 4.90 Å². The zero-order chi connectivity index (χ0) is 26.1. The maximum atomic E-state index is 14.1. The van der Waals surface area contributed by atoms with Crippen LogP contribution in [0.3, 0.4) is 0 Å². The molecule has 0 aromatic heterocycles. The quantitative estimate of drug-likeness (QED) is 0.211. The van der Waals surface area contributed by atoms with Crippen LogP contribution in [0, 0.1) is 23.4 Å². The Morgan fingerprint density at radius 2 is 1.69 bits per heavy atom. The number of hydrogen-bond acceptors (Lipinski definition) is 6. The summed E-state index contributed by atoms with van der Waals surface area (Å²) in [7, 11) is 0. The Morgan fingerprint density at radius 3 is 2.23 bits per heavy atom. The van der Waals surface area contributed by atoms with E-state index in [4.69, 9.17) is 21.3 Å². The van der Waals surface area contributed by atoms with Crippen molar-refractivity contribution in [1.29, 1.82) is 0 Å². The summed E-state index contributed by atoms with van der Waals surface area (Å²) in [6.45, 7) is 1.05. The third-order valence-corrected chi connectivity index (χ3v) is 6.70. The number of nitrogens with two attached hydrogens (primary N) is 2. The molecule has 12 heteroatoms. The van der Waals surface area contributed by atoms with E-state index in [1.54, 1.807) is 0 Å². The van der Waals surface area contributed by atoms with Gasteiger partial charge in [0.25, 0.3) is 17.4 Å². The molecule has 0 saturated carbocycles. The first-order valence-electron chi connectivity index (χ1n) is 11.0. The van der Waals surface area contributed by atoms with E-state index in [-0.39, 0.29) is 30.0 Å². The molecule has 2 aliphatic heterocycles. The van der Waals surface area contributed by atoms with E-state index in [9.17, 15) is 32.3 Å². The number of primary amides is 1. The van der Waals surface area contributed by atoms with Crippen molar-refractivity contribution in [3.8, 4) is 0 Å². The fourth-order valence-electron chi connectivity index (χ4n) is 4.86. The van der Waals surface area contributed by atoms with Crippen molar-refractivity contribution in [1.82, 2.24) is 4.90 Å². The summed E-state index contributed by atoms with van der Waals surface area (Å²) in [4.78, 5) is 49.5. The predicted molar refractivity (Wildman–Crippen MR) is 115 cm³/mol. The lowest BCUT2D eigenvalue weighted by Gasteiger charge is -2.43. The minimum Gasteiger partial charge on any atom is -0.478 e. The summed E-state index contributed by atoms with van der Waals surface area (Å²) < 4.78 is 45.8. The average Bonchev–Trinajstić information content (AvgIpc) is 3.03. The lowest BCUT2D eigenvalue weighted by molar-refractivity contribution is -0.176. The van der Waals surface area contributed by atoms with Crippen molar-refractivity contribution in [2.24, 2.45) is 17.4 Å². The lowest BCUT2D eigenvalue weighted by Crippen LogP contribution is -2.61. The first kappa shape index (κ1) is 26.2. The summed E-state index contributed by atoms with van der Waals surface area (Å²) in [6, 6.07) is -0.0715. The summed E-state index contributed by atoms with van der Waals surface area (Å²) in [5.41, 5.74) is 9.25. The van der Waals surface area contributed by atoms with Crippen molar-refractivity contribution in [2.45, 2.75) is 62.8 Å². The molecule has 2 aliphatic rings. The van der Waals surface area contributed by atoms with Crippen molar-refractivity contribution in [2.75, 3.05) is 0 Å². The standard InChI is InChI=1S/C23H26F3N3O6/c1-23(21(28)33,35-20(32)5-4-19(30)31)22(34)29-13-2-3-14(29)7-12(6-13)18(27)9-11-8-16(25)17(26)10-15(11)24/h4-5,8,10,12-14,18H,2-3,6-7,9,27H2,1H3,(H2,28,33)(H,30,31)/b5-4-/t12?,13?,14?,18-,23?/m1/s1. The fourth-order valence-corrected chi connectivity index (χ4v) is 4.86. The van der Waals surface area contributed by atoms with Crippen LogP contribution in [0.15, 0.2) is 24.3 Å². The van der Waals surface area contributed by atoms with Gasteiger partial charge in [0.05, 0.1) is 0 Å². The molecule has 2 bridgehead atoms. The monoisotopic (exact) mass is 497 g/mol. The molecule has 2 fully saturated rings. The van der Waals surface area contributed by atoms with Crippen LogP contribution in [0.4, 0.5) is 13.2 Å². The van der Waals surface area contributed by atoms with Crippen molar-refractivity contribution in [3.63, 3.8) is 0 Å². The van der Waals surface area contributed by atoms with Crippen LogP contribution in [0.1, 0.15) is 38.2 Å². The molecular formula is C23H26F3N3O6. The highest BCUT2D eigenvalue weighted by molar-refractivity contribution is 6.09. The Kier molecular flexibility index (Phi) is 7.53. The number of hydrogen-bond donors (Lipinski definition) is 3. The number of nitrogens with zero attached hydrogens (tertiary/aromatic N) is 1. The van der Waals surface area contributed by atoms with Gasteiger partial charge in [-0.1, -0.05) is 0 Å². The Balaban J connectivity index is 1.73. The van der Waals surface area contributed by atoms with Gasteiger partial charge in [0.1, 0.15) is 5.82 Å². The van der Waals surface area contributed by atoms with Gasteiger partial charge in [0.2, 0.25) is 0 Å². The van der Waals surface area contributed by atoms with Gasteiger partial charge in [-0.15, -0.1) is 0 Å². The van der Waals surface area contributed by atoms with Gasteiger partial charge in [-0.2, -0.15) is 0 Å². The molecule has 2 amide bonds. The molecule has 5 N–H and O–H groups in total. The predicted octanol–water partition coefficient (Wildman–Crippen LogP) is 1.17. The molecule has 0 spiro atoms. The Morgan fingerprint density at radius 1 is 1.11 bits per heavy atom. The van der Waals surface area contributed by atoms with Crippen LogP contribution in [0.5, 0.6) is 0 Å². The number of piperidine rings is 1. The van der Waals surface area contributed by atoms with Crippen LogP contribution >= 0.6 is 0 Å². The first-order valence-corrected chi connectivity index (χ1v) is 11.0. The Hall–Kier alpha value is -3.41. The third kappa shape index (κ3) is 5.47. The zero-order valence-electron chi connectivity index (χ0n) is 18.9. The Labute approximate surface area is 198 Å². The second-order valence-electron chi connectivity index (χ2n) is 9.04. The molecule has 9 nitrogen and oxygen atoms in total. The van der Waals surface area contributed by atoms with E-state index in [0.717, 1.165) is 13.0 Å². The number of rotatable bonds is 8. The zero-order valence-corrected chi connectivity index (χ0v) is 18.9. The van der Waals surface area contributed by atoms with Gasteiger partial charge in [-0.25, -0.2) is 22.8 Å². The van der Waals surface area contributed by atoms with Gasteiger partial charge in [0.15, 0.2) is 11.6 Å². The van der Waals surface area contributed by atoms with Crippen molar-refractivity contribution in [3.05, 3.63) is 47.3 Å². The third-order valence-electron chi connectivity index (χ3n) is 6.70. The molecule has 0 radical (unpaired) electrons. The average molecular weight is 497 g/mol. The molecule has 0 aliphatic carbocycles. The number of esters is 1. The number of carboxylic acids is 1. The molecule has 3 rings (SSSR count). The number of fused-ring (bicyclic) bond motifs is 2.